The molecule has 3 rings (SSSR count). The lowest BCUT2D eigenvalue weighted by Crippen LogP contribution is -2.04. The van der Waals surface area contributed by atoms with E-state index in [9.17, 15) is 4.79 Å². The van der Waals surface area contributed by atoms with Gasteiger partial charge in [0.25, 0.3) is 0 Å². The molecular weight excluding hydrogens is 358 g/mol. The van der Waals surface area contributed by atoms with Crippen molar-refractivity contribution in [2.75, 3.05) is 5.32 Å². The summed E-state index contributed by atoms with van der Waals surface area (Å²) in [7, 11) is 0. The van der Waals surface area contributed by atoms with E-state index in [4.69, 9.17) is 0 Å². The Labute approximate surface area is 124 Å². The number of amides is 1. The predicted molar refractivity (Wildman–Crippen MR) is 80.1 cm³/mol. The molecule has 1 aliphatic carbocycles. The minimum Gasteiger partial charge on any atom is -0.325 e. The van der Waals surface area contributed by atoms with E-state index in [2.05, 4.69) is 43.2 Å². The van der Waals surface area contributed by atoms with Crippen LogP contribution >= 0.6 is 31.9 Å². The normalized spacial score (nSPS) is 20.9. The highest BCUT2D eigenvalue weighted by Crippen LogP contribution is 2.45. The fourth-order valence-electron chi connectivity index (χ4n) is 2.98. The van der Waals surface area contributed by atoms with Gasteiger partial charge in [0.15, 0.2) is 0 Å². The van der Waals surface area contributed by atoms with Crippen LogP contribution in [0.15, 0.2) is 16.6 Å². The van der Waals surface area contributed by atoms with Crippen LogP contribution in [0.4, 0.5) is 5.69 Å². The standard InChI is InChI=1S/C14H15Br2NO/c15-11-7-12-9(6-13(18)17-12)5-10(11)14(16)8-3-1-2-4-8/h5,7-8,14H,1-4,6H2,(H,17,18). The van der Waals surface area contributed by atoms with E-state index >= 15 is 0 Å². The van der Waals surface area contributed by atoms with Crippen molar-refractivity contribution in [2.24, 2.45) is 5.92 Å². The van der Waals surface area contributed by atoms with Crippen LogP contribution in [-0.4, -0.2) is 5.91 Å². The van der Waals surface area contributed by atoms with Gasteiger partial charge in [-0.1, -0.05) is 50.8 Å². The maximum Gasteiger partial charge on any atom is 0.228 e. The fraction of sp³-hybridized carbons (Fsp3) is 0.500. The van der Waals surface area contributed by atoms with Gasteiger partial charge in [-0.3, -0.25) is 4.79 Å². The minimum atomic E-state index is 0.0982. The van der Waals surface area contributed by atoms with Gasteiger partial charge >= 0.3 is 0 Å². The Morgan fingerprint density at radius 3 is 2.72 bits per heavy atom. The third kappa shape index (κ3) is 2.25. The summed E-state index contributed by atoms with van der Waals surface area (Å²) in [6.45, 7) is 0. The lowest BCUT2D eigenvalue weighted by Gasteiger charge is -2.19. The van der Waals surface area contributed by atoms with Gasteiger partial charge in [-0.25, -0.2) is 0 Å². The molecule has 2 nitrogen and oxygen atoms in total. The van der Waals surface area contributed by atoms with Crippen LogP contribution in [0.5, 0.6) is 0 Å². The van der Waals surface area contributed by atoms with Crippen molar-refractivity contribution < 1.29 is 4.79 Å². The molecule has 0 spiro atoms. The predicted octanol–water partition coefficient (Wildman–Crippen LogP) is 4.57. The maximum absolute atomic E-state index is 11.4. The molecular formula is C14H15Br2NO. The maximum atomic E-state index is 11.4. The number of hydrogen-bond acceptors (Lipinski definition) is 1. The molecule has 1 saturated carbocycles. The fourth-order valence-corrected chi connectivity index (χ4v) is 4.79. The van der Waals surface area contributed by atoms with Crippen molar-refractivity contribution in [3.05, 3.63) is 27.7 Å². The van der Waals surface area contributed by atoms with Crippen LogP contribution in [0.2, 0.25) is 0 Å². The van der Waals surface area contributed by atoms with Crippen LogP contribution in [-0.2, 0) is 11.2 Å². The number of alkyl halides is 1. The van der Waals surface area contributed by atoms with Crippen LogP contribution in [0.1, 0.15) is 41.6 Å². The molecule has 18 heavy (non-hydrogen) atoms. The van der Waals surface area contributed by atoms with Crippen LogP contribution < -0.4 is 5.32 Å². The molecule has 1 N–H and O–H groups in total. The van der Waals surface area contributed by atoms with Gasteiger partial charge in [0.1, 0.15) is 0 Å². The smallest absolute Gasteiger partial charge is 0.228 e. The molecule has 1 fully saturated rings. The average molecular weight is 373 g/mol. The Morgan fingerprint density at radius 1 is 1.28 bits per heavy atom. The van der Waals surface area contributed by atoms with E-state index in [0.717, 1.165) is 21.6 Å². The van der Waals surface area contributed by atoms with Gasteiger partial charge in [-0.15, -0.1) is 0 Å². The van der Waals surface area contributed by atoms with Crippen molar-refractivity contribution in [3.63, 3.8) is 0 Å². The third-order valence-corrected chi connectivity index (χ3v) is 5.89. The molecule has 1 aliphatic heterocycles. The molecule has 1 unspecified atom stereocenters. The third-order valence-electron chi connectivity index (χ3n) is 3.96. The summed E-state index contributed by atoms with van der Waals surface area (Å²) in [6, 6.07) is 4.22. The summed E-state index contributed by atoms with van der Waals surface area (Å²) in [5.74, 6) is 0.824. The van der Waals surface area contributed by atoms with Crippen molar-refractivity contribution in [2.45, 2.75) is 36.9 Å². The summed E-state index contributed by atoms with van der Waals surface area (Å²) in [5.41, 5.74) is 3.37. The highest BCUT2D eigenvalue weighted by molar-refractivity contribution is 9.11. The second-order valence-corrected chi connectivity index (χ2v) is 7.04. The number of halogens is 2. The second-order valence-electron chi connectivity index (χ2n) is 5.20. The number of carbonyl (C=O) groups excluding carboxylic acids is 1. The molecule has 0 saturated heterocycles. The summed E-state index contributed by atoms with van der Waals surface area (Å²) < 4.78 is 1.09. The first-order chi connectivity index (χ1) is 8.65. The van der Waals surface area contributed by atoms with Crippen molar-refractivity contribution >= 4 is 43.5 Å². The summed E-state index contributed by atoms with van der Waals surface area (Å²) in [5, 5.41) is 2.89. The number of carbonyl (C=O) groups is 1. The first-order valence-electron chi connectivity index (χ1n) is 6.41. The zero-order chi connectivity index (χ0) is 12.7. The van der Waals surface area contributed by atoms with E-state index in [0.29, 0.717) is 11.2 Å². The largest absolute Gasteiger partial charge is 0.325 e. The van der Waals surface area contributed by atoms with Gasteiger partial charge < -0.3 is 5.32 Å². The number of anilines is 1. The molecule has 1 atom stereocenters. The SMILES string of the molecule is O=C1Cc2cc(C(Br)C3CCCC3)c(Br)cc2N1. The van der Waals surface area contributed by atoms with Crippen molar-refractivity contribution in [1.82, 2.24) is 0 Å². The number of nitrogens with one attached hydrogen (secondary N) is 1. The Morgan fingerprint density at radius 2 is 2.00 bits per heavy atom. The molecule has 1 heterocycles. The van der Waals surface area contributed by atoms with Gasteiger partial charge in [0.2, 0.25) is 5.91 Å². The monoisotopic (exact) mass is 371 g/mol. The topological polar surface area (TPSA) is 29.1 Å². The van der Waals surface area contributed by atoms with Crippen molar-refractivity contribution in [3.8, 4) is 0 Å². The summed E-state index contributed by atoms with van der Waals surface area (Å²) in [4.78, 5) is 11.8. The quantitative estimate of drug-likeness (QED) is 0.757. The van der Waals surface area contributed by atoms with Crippen LogP contribution in [0.25, 0.3) is 0 Å². The molecule has 96 valence electrons. The Balaban J connectivity index is 1.92. The average Bonchev–Trinajstić information content (AvgIpc) is 2.94. The van der Waals surface area contributed by atoms with E-state index < -0.39 is 0 Å². The first-order valence-corrected chi connectivity index (χ1v) is 8.12. The summed E-state index contributed by atoms with van der Waals surface area (Å²) in [6.07, 6.45) is 5.80. The molecule has 4 heteroatoms. The Kier molecular flexibility index (Phi) is 3.50. The Bertz CT molecular complexity index is 495. The zero-order valence-electron chi connectivity index (χ0n) is 10.0. The molecule has 2 aliphatic rings. The molecule has 1 aromatic rings. The van der Waals surface area contributed by atoms with Crippen LogP contribution in [0, 0.1) is 5.92 Å². The van der Waals surface area contributed by atoms with E-state index in [1.165, 1.54) is 31.2 Å². The van der Waals surface area contributed by atoms with Gasteiger partial charge in [-0.2, -0.15) is 0 Å². The van der Waals surface area contributed by atoms with Gasteiger partial charge in [0.05, 0.1) is 6.42 Å². The summed E-state index contributed by atoms with van der Waals surface area (Å²) >= 11 is 7.49. The van der Waals surface area contributed by atoms with Crippen molar-refractivity contribution in [1.29, 1.82) is 0 Å². The highest BCUT2D eigenvalue weighted by Gasteiger charge is 2.28. The minimum absolute atomic E-state index is 0.0982. The Hall–Kier alpha value is -0.350. The van der Waals surface area contributed by atoms with Gasteiger partial charge in [0, 0.05) is 15.0 Å². The van der Waals surface area contributed by atoms with Crippen LogP contribution in [0.3, 0.4) is 0 Å². The number of fused-ring (bicyclic) bond motifs is 1. The molecule has 1 amide bonds. The lowest BCUT2D eigenvalue weighted by molar-refractivity contribution is -0.115. The molecule has 0 radical (unpaired) electrons. The molecule has 0 aromatic heterocycles. The second kappa shape index (κ2) is 4.97. The number of rotatable bonds is 2. The van der Waals surface area contributed by atoms with E-state index in [1.54, 1.807) is 0 Å². The van der Waals surface area contributed by atoms with E-state index in [-0.39, 0.29) is 5.91 Å². The lowest BCUT2D eigenvalue weighted by atomic mass is 9.96. The molecule has 1 aromatic carbocycles. The van der Waals surface area contributed by atoms with E-state index in [1.807, 2.05) is 6.07 Å². The van der Waals surface area contributed by atoms with Gasteiger partial charge in [-0.05, 0) is 36.0 Å². The zero-order valence-corrected chi connectivity index (χ0v) is 13.2. The molecule has 0 bridgehead atoms. The number of hydrogen-bond donors (Lipinski definition) is 1. The highest BCUT2D eigenvalue weighted by atomic mass is 79.9. The number of benzene rings is 1. The first kappa shape index (κ1) is 12.7.